The van der Waals surface area contributed by atoms with E-state index in [0.717, 1.165) is 25.9 Å². The quantitative estimate of drug-likeness (QED) is 0.556. The zero-order valence-electron chi connectivity index (χ0n) is 14.8. The maximum absolute atomic E-state index is 12.2. The van der Waals surface area contributed by atoms with Crippen LogP contribution in [0, 0.1) is 16.0 Å². The average Bonchev–Trinajstić information content (AvgIpc) is 2.62. The minimum Gasteiger partial charge on any atom is -0.479 e. The van der Waals surface area contributed by atoms with Gasteiger partial charge < -0.3 is 20.1 Å². The van der Waals surface area contributed by atoms with Crippen molar-refractivity contribution < 1.29 is 24.4 Å². The fraction of sp³-hybridized carbons (Fsp3) is 0.529. The van der Waals surface area contributed by atoms with Crippen LogP contribution in [0.5, 0.6) is 0 Å². The number of carbonyl (C=O) groups excluding carboxylic acids is 1. The molecule has 0 saturated carbocycles. The number of benzene rings is 1. The molecule has 1 aliphatic rings. The third-order valence-corrected chi connectivity index (χ3v) is 4.57. The van der Waals surface area contributed by atoms with Gasteiger partial charge in [-0.25, -0.2) is 4.79 Å². The number of nitrogens with one attached hydrogen (secondary N) is 1. The van der Waals surface area contributed by atoms with Crippen molar-refractivity contribution in [3.8, 4) is 0 Å². The van der Waals surface area contributed by atoms with Crippen LogP contribution in [0.1, 0.15) is 30.1 Å². The molecule has 1 aromatic carbocycles. The smallest absolute Gasteiger partial charge is 0.334 e. The van der Waals surface area contributed by atoms with E-state index >= 15 is 0 Å². The molecule has 9 heteroatoms. The number of hydrogen-bond donors (Lipinski definition) is 2. The van der Waals surface area contributed by atoms with Crippen LogP contribution in [0.3, 0.4) is 0 Å². The largest absolute Gasteiger partial charge is 0.479 e. The molecule has 1 atom stereocenters. The minimum atomic E-state index is -1.20. The number of methoxy groups -OCH3 is 1. The molecule has 2 rings (SSSR count). The van der Waals surface area contributed by atoms with Crippen molar-refractivity contribution in [2.45, 2.75) is 25.9 Å². The maximum Gasteiger partial charge on any atom is 0.334 e. The van der Waals surface area contributed by atoms with Crippen molar-refractivity contribution in [2.24, 2.45) is 5.92 Å². The highest BCUT2D eigenvalue weighted by Crippen LogP contribution is 2.32. The minimum absolute atomic E-state index is 0.103. The van der Waals surface area contributed by atoms with Gasteiger partial charge in [-0.3, -0.25) is 14.9 Å². The van der Waals surface area contributed by atoms with Gasteiger partial charge in [0.1, 0.15) is 5.69 Å². The lowest BCUT2D eigenvalue weighted by Gasteiger charge is -2.31. The van der Waals surface area contributed by atoms with Crippen molar-refractivity contribution in [1.29, 1.82) is 0 Å². The van der Waals surface area contributed by atoms with E-state index in [9.17, 15) is 19.7 Å². The van der Waals surface area contributed by atoms with Crippen molar-refractivity contribution in [2.75, 3.05) is 31.6 Å². The lowest BCUT2D eigenvalue weighted by Crippen LogP contribution is -2.38. The summed E-state index contributed by atoms with van der Waals surface area (Å²) in [6.45, 7) is 3.40. The summed E-state index contributed by atoms with van der Waals surface area (Å²) >= 11 is 0. The van der Waals surface area contributed by atoms with Crippen LogP contribution in [-0.4, -0.2) is 54.8 Å². The van der Waals surface area contributed by atoms with Gasteiger partial charge in [0.05, 0.1) is 11.5 Å². The number of carboxylic acids is 1. The van der Waals surface area contributed by atoms with E-state index < -0.39 is 22.9 Å². The Kier molecular flexibility index (Phi) is 6.51. The highest BCUT2D eigenvalue weighted by Gasteiger charge is 2.25. The molecule has 0 aromatic heterocycles. The first-order valence-corrected chi connectivity index (χ1v) is 8.40. The van der Waals surface area contributed by atoms with E-state index in [1.54, 1.807) is 6.07 Å². The molecule has 0 radical (unpaired) electrons. The molecule has 9 nitrogen and oxygen atoms in total. The summed E-state index contributed by atoms with van der Waals surface area (Å²) in [5.41, 5.74) is 0.471. The molecule has 0 aliphatic carbocycles. The molecular formula is C17H23N3O6. The van der Waals surface area contributed by atoms with E-state index in [-0.39, 0.29) is 17.8 Å². The molecule has 0 spiro atoms. The number of ether oxygens (including phenoxy) is 1. The topological polar surface area (TPSA) is 122 Å². The number of carboxylic acid groups (broad SMARTS) is 1. The number of amides is 1. The number of nitrogens with zero attached hydrogens (tertiary/aromatic N) is 2. The standard InChI is InChI=1S/C17H23N3O6/c1-11-5-7-19(8-6-11)13-4-3-12(9-14(13)20(24)25)16(21)18-10-15(26-2)17(22)23/h3-4,9,11,15H,5-8,10H2,1-2H3,(H,18,21)(H,22,23). The Morgan fingerprint density at radius 3 is 2.62 bits per heavy atom. The SMILES string of the molecule is COC(CNC(=O)c1ccc(N2CCC(C)CC2)c([N+](=O)[O-])c1)C(=O)O. The van der Waals surface area contributed by atoms with Gasteiger partial charge >= 0.3 is 5.97 Å². The van der Waals surface area contributed by atoms with Crippen molar-refractivity contribution >= 4 is 23.3 Å². The molecule has 0 bridgehead atoms. The van der Waals surface area contributed by atoms with E-state index in [4.69, 9.17) is 9.84 Å². The Balaban J connectivity index is 2.15. The number of aliphatic carboxylic acids is 1. The molecule has 1 aliphatic heterocycles. The number of carbonyl (C=O) groups is 2. The summed E-state index contributed by atoms with van der Waals surface area (Å²) in [4.78, 5) is 36.0. The Hall–Kier alpha value is -2.68. The molecule has 1 amide bonds. The molecule has 1 unspecified atom stereocenters. The fourth-order valence-electron chi connectivity index (χ4n) is 2.89. The summed E-state index contributed by atoms with van der Waals surface area (Å²) in [6, 6.07) is 4.32. The van der Waals surface area contributed by atoms with Crippen LogP contribution in [0.25, 0.3) is 0 Å². The zero-order valence-corrected chi connectivity index (χ0v) is 14.8. The van der Waals surface area contributed by atoms with Crippen molar-refractivity contribution in [1.82, 2.24) is 5.32 Å². The predicted octanol–water partition coefficient (Wildman–Crippen LogP) is 1.66. The Bertz CT molecular complexity index is 685. The number of anilines is 1. The fourth-order valence-corrected chi connectivity index (χ4v) is 2.89. The van der Waals surface area contributed by atoms with Crippen molar-refractivity contribution in [3.05, 3.63) is 33.9 Å². The summed E-state index contributed by atoms with van der Waals surface area (Å²) in [7, 11) is 1.23. The van der Waals surface area contributed by atoms with Gasteiger partial charge in [-0.1, -0.05) is 6.92 Å². The molecule has 1 saturated heterocycles. The number of nitro benzene ring substituents is 1. The molecule has 142 valence electrons. The third kappa shape index (κ3) is 4.69. The number of piperidine rings is 1. The summed E-state index contributed by atoms with van der Waals surface area (Å²) in [5.74, 6) is -1.19. The van der Waals surface area contributed by atoms with Gasteiger partial charge in [0.2, 0.25) is 0 Å². The number of rotatable bonds is 7. The van der Waals surface area contributed by atoms with Gasteiger partial charge in [0, 0.05) is 31.8 Å². The molecule has 26 heavy (non-hydrogen) atoms. The van der Waals surface area contributed by atoms with Crippen LogP contribution in [0.15, 0.2) is 18.2 Å². The Morgan fingerprint density at radius 1 is 1.42 bits per heavy atom. The maximum atomic E-state index is 12.2. The van der Waals surface area contributed by atoms with Crippen LogP contribution in [0.4, 0.5) is 11.4 Å². The summed E-state index contributed by atoms with van der Waals surface area (Å²) < 4.78 is 4.74. The van der Waals surface area contributed by atoms with Crippen molar-refractivity contribution in [3.63, 3.8) is 0 Å². The average molecular weight is 365 g/mol. The van der Waals surface area contributed by atoms with Crippen LogP contribution in [-0.2, 0) is 9.53 Å². The van der Waals surface area contributed by atoms with Crippen LogP contribution in [0.2, 0.25) is 0 Å². The van der Waals surface area contributed by atoms with Gasteiger partial charge in [0.15, 0.2) is 6.10 Å². The lowest BCUT2D eigenvalue weighted by atomic mass is 9.98. The van der Waals surface area contributed by atoms with Gasteiger partial charge in [-0.05, 0) is 30.9 Å². The van der Waals surface area contributed by atoms with Gasteiger partial charge in [-0.15, -0.1) is 0 Å². The highest BCUT2D eigenvalue weighted by atomic mass is 16.6. The van der Waals surface area contributed by atoms with E-state index in [0.29, 0.717) is 11.6 Å². The van der Waals surface area contributed by atoms with Gasteiger partial charge in [-0.2, -0.15) is 0 Å². The van der Waals surface area contributed by atoms with Crippen LogP contribution >= 0.6 is 0 Å². The second-order valence-electron chi connectivity index (χ2n) is 6.40. The first-order valence-electron chi connectivity index (χ1n) is 8.40. The number of hydrogen-bond acceptors (Lipinski definition) is 6. The van der Waals surface area contributed by atoms with Gasteiger partial charge in [0.25, 0.3) is 11.6 Å². The van der Waals surface area contributed by atoms with E-state index in [2.05, 4.69) is 12.2 Å². The zero-order chi connectivity index (χ0) is 19.3. The lowest BCUT2D eigenvalue weighted by molar-refractivity contribution is -0.384. The monoisotopic (exact) mass is 365 g/mol. The Morgan fingerprint density at radius 2 is 2.08 bits per heavy atom. The third-order valence-electron chi connectivity index (χ3n) is 4.57. The second kappa shape index (κ2) is 8.61. The van der Waals surface area contributed by atoms with Crippen LogP contribution < -0.4 is 10.2 Å². The molecule has 1 fully saturated rings. The van der Waals surface area contributed by atoms with E-state index in [1.807, 2.05) is 4.90 Å². The predicted molar refractivity (Wildman–Crippen MR) is 94.5 cm³/mol. The normalized spacial score (nSPS) is 16.2. The van der Waals surface area contributed by atoms with E-state index in [1.165, 1.54) is 19.2 Å². The first kappa shape index (κ1) is 19.6. The molecule has 1 aromatic rings. The first-order chi connectivity index (χ1) is 12.3. The number of nitro groups is 1. The second-order valence-corrected chi connectivity index (χ2v) is 6.40. The summed E-state index contributed by atoms with van der Waals surface area (Å²) in [5, 5.41) is 22.8. The molecule has 2 N–H and O–H groups in total. The highest BCUT2D eigenvalue weighted by molar-refractivity contribution is 5.96. The molecule has 1 heterocycles. The Labute approximate surface area is 151 Å². The molecular weight excluding hydrogens is 342 g/mol. The summed E-state index contributed by atoms with van der Waals surface area (Å²) in [6.07, 6.45) is 0.753.